The first-order valence-corrected chi connectivity index (χ1v) is 42.9. The molecule has 6 nitrogen and oxygen atoms in total. The summed E-state index contributed by atoms with van der Waals surface area (Å²) in [6.07, 6.45) is 37.2. The minimum atomic E-state index is 0.280. The highest BCUT2D eigenvalue weighted by molar-refractivity contribution is 6.20. The van der Waals surface area contributed by atoms with Crippen LogP contribution >= 0.6 is 0 Å². The Hall–Kier alpha value is -7.18. The van der Waals surface area contributed by atoms with Crippen molar-refractivity contribution in [3.8, 4) is 0 Å². The molecule has 6 aromatic carbocycles. The topological polar surface area (TPSA) is 37.7 Å². The fraction of sp³-hybridized carbons (Fsp3) is 0.535. The molecule has 0 aromatic heterocycles. The van der Waals surface area contributed by atoms with E-state index < -0.39 is 0 Å². The predicted molar refractivity (Wildman–Crippen MR) is 454 cm³/mol. The molecule has 6 heteroatoms. The number of aliphatic imine (C=N–C) groups is 2. The zero-order valence-corrected chi connectivity index (χ0v) is 66.8. The van der Waals surface area contributed by atoms with E-state index in [0.29, 0.717) is 83.3 Å². The quantitative estimate of drug-likeness (QED) is 0.0763. The number of hydrogen-bond donors (Lipinski definition) is 0. The van der Waals surface area contributed by atoms with Crippen LogP contribution in [0.4, 0.5) is 22.7 Å². The van der Waals surface area contributed by atoms with Crippen LogP contribution in [0.25, 0.3) is 22.3 Å². The lowest BCUT2D eigenvalue weighted by molar-refractivity contribution is 0.119. The van der Waals surface area contributed by atoms with E-state index in [1.165, 1.54) is 224 Å². The van der Waals surface area contributed by atoms with Gasteiger partial charge in [0.1, 0.15) is 0 Å². The molecule has 8 aliphatic rings. The molecule has 6 aromatic rings. The van der Waals surface area contributed by atoms with Crippen LogP contribution in [-0.4, -0.2) is 73.9 Å². The number of allylic oxidation sites excluding steroid dienone is 6. The van der Waals surface area contributed by atoms with Crippen molar-refractivity contribution in [2.75, 3.05) is 45.8 Å². The third-order valence-corrected chi connectivity index (χ3v) is 27.9. The van der Waals surface area contributed by atoms with Crippen molar-refractivity contribution in [2.24, 2.45) is 69.2 Å². The summed E-state index contributed by atoms with van der Waals surface area (Å²) in [6, 6.07) is 60.2. The van der Waals surface area contributed by atoms with Crippen molar-refractivity contribution < 1.29 is 0 Å². The molecule has 0 aliphatic heterocycles. The Morgan fingerprint density at radius 2 is 0.543 bits per heavy atom. The maximum atomic E-state index is 5.88. The zero-order chi connectivity index (χ0) is 72.8. The summed E-state index contributed by atoms with van der Waals surface area (Å²) in [6.45, 7) is 33.5. The molecule has 105 heavy (non-hydrogen) atoms. The summed E-state index contributed by atoms with van der Waals surface area (Å²) in [5, 5.41) is 0. The second-order valence-electron chi connectivity index (χ2n) is 34.8. The largest absolute Gasteiger partial charge is 0.369 e. The van der Waals surface area contributed by atoms with Gasteiger partial charge >= 0.3 is 0 Å². The van der Waals surface area contributed by atoms with Crippen molar-refractivity contribution in [3.63, 3.8) is 0 Å². The molecular formula is C99H130N6. The Labute approximate surface area is 636 Å². The highest BCUT2D eigenvalue weighted by Gasteiger charge is 2.40. The molecule has 8 aliphatic carbocycles. The monoisotopic (exact) mass is 1400 g/mol. The number of nitrogens with zero attached hydrogens (tertiary/aromatic N) is 6. The van der Waals surface area contributed by atoms with E-state index >= 15 is 0 Å². The number of hydrogen-bond acceptors (Lipinski definition) is 6. The van der Waals surface area contributed by atoms with Gasteiger partial charge in [-0.2, -0.15) is 0 Å². The van der Waals surface area contributed by atoms with Crippen LogP contribution in [0, 0.1) is 59.2 Å². The first kappa shape index (κ1) is 74.7. The minimum absolute atomic E-state index is 0.280. The van der Waals surface area contributed by atoms with E-state index in [-0.39, 0.29) is 12.1 Å². The highest BCUT2D eigenvalue weighted by atomic mass is 15.2. The van der Waals surface area contributed by atoms with Crippen molar-refractivity contribution in [3.05, 3.63) is 214 Å². The van der Waals surface area contributed by atoms with Crippen molar-refractivity contribution in [2.45, 2.75) is 254 Å². The fourth-order valence-corrected chi connectivity index (χ4v) is 22.6. The summed E-state index contributed by atoms with van der Waals surface area (Å²) in [7, 11) is 0. The van der Waals surface area contributed by atoms with Gasteiger partial charge in [0.2, 0.25) is 0 Å². The van der Waals surface area contributed by atoms with Crippen LogP contribution in [0.15, 0.2) is 180 Å². The molecule has 6 fully saturated rings. The van der Waals surface area contributed by atoms with Crippen molar-refractivity contribution in [1.82, 2.24) is 0 Å². The molecule has 0 N–H and O–H groups in total. The average Bonchev–Trinajstić information content (AvgIpc) is 0.766. The van der Waals surface area contributed by atoms with Crippen LogP contribution in [0.1, 0.15) is 262 Å². The van der Waals surface area contributed by atoms with E-state index in [1.807, 2.05) is 0 Å². The van der Waals surface area contributed by atoms with Crippen LogP contribution < -0.4 is 19.6 Å². The smallest absolute Gasteiger partial charge is 0.0656 e. The number of benzene rings is 6. The SMILES string of the molecule is CCN(c1ccc(C(=C2C=CC(=NC3C(C)CC(CC4CC(C)C(N=C5C=CC(=C(c6ccc(N(CC)C7CCCCC7C)cc6)c6ccc(N(CC)C7CCCCC7C)cc6)c6ccccc65)C(C)C4)CC3C)c3ccccc32)c2ccc(N(CC)C3CCCCC3C)cc2)cc1)C1CCCCC1C. The molecule has 556 valence electrons. The first-order chi connectivity index (χ1) is 51.2. The Kier molecular flexibility index (Phi) is 24.1. The normalized spacial score (nSPS) is 29.8. The molecule has 12 atom stereocenters. The Balaban J connectivity index is 0.693. The maximum Gasteiger partial charge on any atom is 0.0656 e. The maximum absolute atomic E-state index is 5.88. The van der Waals surface area contributed by atoms with Gasteiger partial charge in [0.15, 0.2) is 0 Å². The molecule has 0 saturated heterocycles. The lowest BCUT2D eigenvalue weighted by atomic mass is 9.66. The van der Waals surface area contributed by atoms with Gasteiger partial charge in [-0.1, -0.05) is 216 Å². The van der Waals surface area contributed by atoms with E-state index in [0.717, 1.165) is 37.6 Å². The molecule has 0 amide bonds. The molecule has 0 bridgehead atoms. The number of fused-ring (bicyclic) bond motifs is 2. The second-order valence-corrected chi connectivity index (χ2v) is 34.8. The molecule has 12 unspecified atom stereocenters. The van der Waals surface area contributed by atoms with Crippen molar-refractivity contribution in [1.29, 1.82) is 0 Å². The summed E-state index contributed by atoms with van der Waals surface area (Å²) < 4.78 is 0. The van der Waals surface area contributed by atoms with Gasteiger partial charge in [0, 0.05) is 84.2 Å². The van der Waals surface area contributed by atoms with E-state index in [2.05, 4.69) is 273 Å². The van der Waals surface area contributed by atoms with Gasteiger partial charge in [0.05, 0.1) is 23.5 Å². The first-order valence-electron chi connectivity index (χ1n) is 42.9. The summed E-state index contributed by atoms with van der Waals surface area (Å²) in [5.74, 6) is 6.30. The predicted octanol–water partition coefficient (Wildman–Crippen LogP) is 25.1. The van der Waals surface area contributed by atoms with Gasteiger partial charge in [0.25, 0.3) is 0 Å². The van der Waals surface area contributed by atoms with Crippen LogP contribution in [0.3, 0.4) is 0 Å². The third kappa shape index (κ3) is 16.1. The lowest BCUT2D eigenvalue weighted by Crippen LogP contribution is -2.41. The summed E-state index contributed by atoms with van der Waals surface area (Å²) >= 11 is 0. The number of rotatable bonds is 20. The van der Waals surface area contributed by atoms with Gasteiger partial charge in [-0.25, -0.2) is 0 Å². The number of anilines is 4. The minimum Gasteiger partial charge on any atom is -0.369 e. The fourth-order valence-electron chi connectivity index (χ4n) is 22.6. The molecule has 0 heterocycles. The van der Waals surface area contributed by atoms with Crippen LogP contribution in [0.5, 0.6) is 0 Å². The van der Waals surface area contributed by atoms with Crippen molar-refractivity contribution >= 4 is 56.5 Å². The van der Waals surface area contributed by atoms with Gasteiger partial charge < -0.3 is 19.6 Å². The molecule has 6 saturated carbocycles. The van der Waals surface area contributed by atoms with Crippen LogP contribution in [-0.2, 0) is 0 Å². The second kappa shape index (κ2) is 33.9. The van der Waals surface area contributed by atoms with E-state index in [4.69, 9.17) is 9.98 Å². The summed E-state index contributed by atoms with van der Waals surface area (Å²) in [5.41, 5.74) is 23.1. The van der Waals surface area contributed by atoms with E-state index in [1.54, 1.807) is 0 Å². The standard InChI is InChI=1S/C99H130N6/c1-13-102(92-37-25-17-29-66(92)5)80-49-41-76(42-50-80)96(77-43-51-81(52-44-77)103(14-2)93-38-26-18-30-67(93)6)88-57-59-90(86-35-23-21-33-84(86)88)100-98-70(9)61-74(62-71(98)10)65-75-63-72(11)99(73(12)64-75)101-91-60-58-89(85-34-22-24-36-87(85)91)97(78-45-53-82(54-46-78)104(15-3)94-39-27-19-31-68(94)7)79-47-55-83(56-48-79)105(16-4)95-40-28-20-32-69(95)8/h21-24,33-36,41-60,66-75,92-95,98-99H,13-20,25-32,37-40,61-65H2,1-12H3. The molecule has 0 radical (unpaired) electrons. The highest BCUT2D eigenvalue weighted by Crippen LogP contribution is 2.48. The van der Waals surface area contributed by atoms with Gasteiger partial charge in [-0.05, 0) is 287 Å². The Morgan fingerprint density at radius 3 is 0.790 bits per heavy atom. The molecule has 14 rings (SSSR count). The lowest BCUT2D eigenvalue weighted by Gasteiger charge is -2.42. The average molecular weight is 1400 g/mol. The molecular weight excluding hydrogens is 1270 g/mol. The Morgan fingerprint density at radius 1 is 0.295 bits per heavy atom. The third-order valence-electron chi connectivity index (χ3n) is 27.9. The van der Waals surface area contributed by atoms with E-state index in [9.17, 15) is 0 Å². The van der Waals surface area contributed by atoms with Gasteiger partial charge in [-0.15, -0.1) is 0 Å². The Bertz CT molecular complexity index is 3630. The summed E-state index contributed by atoms with van der Waals surface area (Å²) in [4.78, 5) is 22.5. The molecule has 0 spiro atoms. The van der Waals surface area contributed by atoms with Gasteiger partial charge in [-0.3, -0.25) is 9.98 Å². The zero-order valence-electron chi connectivity index (χ0n) is 66.8. The van der Waals surface area contributed by atoms with Crippen LogP contribution in [0.2, 0.25) is 0 Å².